The van der Waals surface area contributed by atoms with Gasteiger partial charge in [-0.2, -0.15) is 0 Å². The van der Waals surface area contributed by atoms with Crippen LogP contribution in [0.2, 0.25) is 0 Å². The van der Waals surface area contributed by atoms with Crippen LogP contribution in [0.25, 0.3) is 0 Å². The van der Waals surface area contributed by atoms with Gasteiger partial charge in [-0.3, -0.25) is 9.59 Å². The average molecular weight is 242 g/mol. The van der Waals surface area contributed by atoms with Crippen molar-refractivity contribution < 1.29 is 19.8 Å². The number of rotatable bonds is 6. The molecular formula is C9H14N4O4. The monoisotopic (exact) mass is 242 g/mol. The second kappa shape index (κ2) is 5.30. The summed E-state index contributed by atoms with van der Waals surface area (Å²) in [5.41, 5.74) is 5.80. The number of H-pyrrole nitrogens is 1. The normalized spacial score (nSPS) is 14.0. The largest absolute Gasteiger partial charge is 0.480 e. The maximum atomic E-state index is 10.6. The van der Waals surface area contributed by atoms with Gasteiger partial charge in [0.05, 0.1) is 5.69 Å². The lowest BCUT2D eigenvalue weighted by molar-refractivity contribution is -0.139. The molecule has 2 atom stereocenters. The highest BCUT2D eigenvalue weighted by Crippen LogP contribution is 2.06. The van der Waals surface area contributed by atoms with Crippen molar-refractivity contribution in [2.75, 3.05) is 5.32 Å². The van der Waals surface area contributed by atoms with Crippen LogP contribution in [0, 0.1) is 0 Å². The Balaban J connectivity index is 2.59. The number of hydrogen-bond acceptors (Lipinski definition) is 5. The lowest BCUT2D eigenvalue weighted by Gasteiger charge is -2.06. The third-order valence-electron chi connectivity index (χ3n) is 2.10. The molecule has 1 aromatic heterocycles. The van der Waals surface area contributed by atoms with E-state index in [0.717, 1.165) is 0 Å². The summed E-state index contributed by atoms with van der Waals surface area (Å²) in [6.45, 7) is 1.47. The third-order valence-corrected chi connectivity index (χ3v) is 2.10. The number of carboxylic acid groups (broad SMARTS) is 2. The van der Waals surface area contributed by atoms with Crippen molar-refractivity contribution in [1.29, 1.82) is 0 Å². The van der Waals surface area contributed by atoms with Crippen LogP contribution >= 0.6 is 0 Å². The molecule has 0 saturated carbocycles. The molecule has 0 aromatic carbocycles. The van der Waals surface area contributed by atoms with E-state index in [4.69, 9.17) is 15.9 Å². The van der Waals surface area contributed by atoms with Crippen molar-refractivity contribution >= 4 is 17.9 Å². The van der Waals surface area contributed by atoms with Crippen LogP contribution in [0.4, 0.5) is 5.95 Å². The zero-order valence-electron chi connectivity index (χ0n) is 9.17. The van der Waals surface area contributed by atoms with Gasteiger partial charge in [0, 0.05) is 12.6 Å². The minimum absolute atomic E-state index is 0.0783. The molecule has 0 aliphatic heterocycles. The summed E-state index contributed by atoms with van der Waals surface area (Å²) in [7, 11) is 0. The SMILES string of the molecule is C[C@H](Nc1nc(C[C@H](N)C(=O)O)c[nH]1)C(=O)O. The van der Waals surface area contributed by atoms with Crippen LogP contribution in [0.5, 0.6) is 0 Å². The Morgan fingerprint density at radius 1 is 1.53 bits per heavy atom. The molecule has 94 valence electrons. The van der Waals surface area contributed by atoms with Gasteiger partial charge in [-0.05, 0) is 6.92 Å². The van der Waals surface area contributed by atoms with Crippen LogP contribution in [0.1, 0.15) is 12.6 Å². The molecule has 8 heteroatoms. The Morgan fingerprint density at radius 3 is 2.71 bits per heavy atom. The maximum Gasteiger partial charge on any atom is 0.325 e. The molecule has 0 aliphatic rings. The molecule has 0 radical (unpaired) electrons. The quantitative estimate of drug-likeness (QED) is 0.441. The number of hydrogen-bond donors (Lipinski definition) is 5. The van der Waals surface area contributed by atoms with Crippen molar-refractivity contribution in [3.63, 3.8) is 0 Å². The molecule has 0 amide bonds. The number of imidazole rings is 1. The highest BCUT2D eigenvalue weighted by Gasteiger charge is 2.15. The number of aromatic nitrogens is 2. The first-order valence-electron chi connectivity index (χ1n) is 4.92. The van der Waals surface area contributed by atoms with Crippen molar-refractivity contribution in [2.24, 2.45) is 5.73 Å². The van der Waals surface area contributed by atoms with Crippen LogP contribution in [-0.2, 0) is 16.0 Å². The van der Waals surface area contributed by atoms with Crippen molar-refractivity contribution in [3.05, 3.63) is 11.9 Å². The molecule has 8 nitrogen and oxygen atoms in total. The fourth-order valence-electron chi connectivity index (χ4n) is 1.12. The Labute approximate surface area is 96.9 Å². The Kier molecular flexibility index (Phi) is 4.05. The van der Waals surface area contributed by atoms with Gasteiger partial charge in [0.15, 0.2) is 0 Å². The van der Waals surface area contributed by atoms with E-state index < -0.39 is 24.0 Å². The minimum Gasteiger partial charge on any atom is -0.480 e. The summed E-state index contributed by atoms with van der Waals surface area (Å²) in [6, 6.07) is -1.81. The third kappa shape index (κ3) is 3.76. The van der Waals surface area contributed by atoms with E-state index in [9.17, 15) is 9.59 Å². The zero-order valence-corrected chi connectivity index (χ0v) is 9.17. The molecule has 1 aromatic rings. The zero-order chi connectivity index (χ0) is 13.0. The highest BCUT2D eigenvalue weighted by atomic mass is 16.4. The number of nitrogens with two attached hydrogens (primary N) is 1. The maximum absolute atomic E-state index is 10.6. The number of anilines is 1. The minimum atomic E-state index is -1.11. The van der Waals surface area contributed by atoms with Gasteiger partial charge >= 0.3 is 11.9 Å². The first-order valence-corrected chi connectivity index (χ1v) is 4.92. The molecule has 0 spiro atoms. The predicted octanol–water partition coefficient (Wildman–Crippen LogP) is -0.751. The Bertz CT molecular complexity index is 380. The lowest BCUT2D eigenvalue weighted by atomic mass is 10.2. The molecule has 6 N–H and O–H groups in total. The number of carboxylic acids is 2. The molecule has 1 heterocycles. The smallest absolute Gasteiger partial charge is 0.325 e. The summed E-state index contributed by atoms with van der Waals surface area (Å²) in [4.78, 5) is 27.8. The fourth-order valence-corrected chi connectivity index (χ4v) is 1.12. The van der Waals surface area contributed by atoms with Gasteiger partial charge < -0.3 is 26.2 Å². The molecule has 0 saturated heterocycles. The van der Waals surface area contributed by atoms with E-state index in [0.29, 0.717) is 5.69 Å². The van der Waals surface area contributed by atoms with Crippen LogP contribution < -0.4 is 11.1 Å². The number of aromatic amines is 1. The first-order chi connectivity index (χ1) is 7.90. The standard InChI is InChI=1S/C9H14N4O4/c1-4(7(14)15)12-9-11-3-5(13-9)2-6(10)8(16)17/h3-4,6H,2,10H2,1H3,(H,14,15)(H,16,17)(H2,11,12,13)/t4-,6-/m0/s1. The van der Waals surface area contributed by atoms with E-state index in [2.05, 4.69) is 15.3 Å². The van der Waals surface area contributed by atoms with Crippen LogP contribution in [-0.4, -0.2) is 44.2 Å². The highest BCUT2D eigenvalue weighted by molar-refractivity contribution is 5.76. The Hall–Kier alpha value is -2.09. The van der Waals surface area contributed by atoms with Crippen molar-refractivity contribution in [1.82, 2.24) is 9.97 Å². The van der Waals surface area contributed by atoms with E-state index in [1.54, 1.807) is 0 Å². The predicted molar refractivity (Wildman–Crippen MR) is 58.6 cm³/mol. The van der Waals surface area contributed by atoms with Gasteiger partial charge in [0.1, 0.15) is 12.1 Å². The van der Waals surface area contributed by atoms with Gasteiger partial charge in [-0.25, -0.2) is 4.98 Å². The lowest BCUT2D eigenvalue weighted by Crippen LogP contribution is -2.32. The molecule has 0 fully saturated rings. The topological polar surface area (TPSA) is 141 Å². The summed E-state index contributed by atoms with van der Waals surface area (Å²) >= 11 is 0. The molecular weight excluding hydrogens is 228 g/mol. The van der Waals surface area contributed by atoms with Crippen molar-refractivity contribution in [2.45, 2.75) is 25.4 Å². The molecule has 0 unspecified atom stereocenters. The molecule has 17 heavy (non-hydrogen) atoms. The van der Waals surface area contributed by atoms with Crippen LogP contribution in [0.3, 0.4) is 0 Å². The van der Waals surface area contributed by atoms with E-state index in [-0.39, 0.29) is 12.4 Å². The van der Waals surface area contributed by atoms with E-state index in [1.165, 1.54) is 13.1 Å². The summed E-state index contributed by atoms with van der Waals surface area (Å²) < 4.78 is 0. The molecule has 1 rings (SSSR count). The second-order valence-electron chi connectivity index (χ2n) is 3.59. The van der Waals surface area contributed by atoms with E-state index in [1.807, 2.05) is 0 Å². The fraction of sp³-hybridized carbons (Fsp3) is 0.444. The summed E-state index contributed by atoms with van der Waals surface area (Å²) in [6.07, 6.45) is 1.56. The Morgan fingerprint density at radius 2 is 2.18 bits per heavy atom. The van der Waals surface area contributed by atoms with Crippen molar-refractivity contribution in [3.8, 4) is 0 Å². The van der Waals surface area contributed by atoms with E-state index >= 15 is 0 Å². The summed E-state index contributed by atoms with van der Waals surface area (Å²) in [5, 5.41) is 19.9. The second-order valence-corrected chi connectivity index (χ2v) is 3.59. The average Bonchev–Trinajstić information content (AvgIpc) is 2.65. The molecule has 0 bridgehead atoms. The number of aliphatic carboxylic acids is 2. The first kappa shape index (κ1) is 13.0. The van der Waals surface area contributed by atoms with Gasteiger partial charge in [0.2, 0.25) is 5.95 Å². The van der Waals surface area contributed by atoms with Crippen LogP contribution in [0.15, 0.2) is 6.20 Å². The summed E-state index contributed by atoms with van der Waals surface area (Å²) in [5.74, 6) is -1.85. The van der Waals surface area contributed by atoms with Gasteiger partial charge in [-0.15, -0.1) is 0 Å². The number of carbonyl (C=O) groups is 2. The number of nitrogens with zero attached hydrogens (tertiary/aromatic N) is 1. The molecule has 0 aliphatic carbocycles. The van der Waals surface area contributed by atoms with Gasteiger partial charge in [0.25, 0.3) is 0 Å². The number of nitrogens with one attached hydrogen (secondary N) is 2. The van der Waals surface area contributed by atoms with Gasteiger partial charge in [-0.1, -0.05) is 0 Å².